The molecular weight excluding hydrogens is 376 g/mol. The van der Waals surface area contributed by atoms with Crippen LogP contribution in [0, 0.1) is 6.92 Å². The lowest BCUT2D eigenvalue weighted by Gasteiger charge is -2.13. The molecule has 0 unspecified atom stereocenters. The van der Waals surface area contributed by atoms with Crippen LogP contribution in [0.2, 0.25) is 0 Å². The van der Waals surface area contributed by atoms with Crippen LogP contribution in [-0.2, 0) is 13.1 Å². The van der Waals surface area contributed by atoms with Crippen molar-refractivity contribution in [3.8, 4) is 17.4 Å². The fraction of sp³-hybridized carbons (Fsp3) is 0.250. The Kier molecular flexibility index (Phi) is 7.66. The van der Waals surface area contributed by atoms with Crippen LogP contribution in [0.5, 0.6) is 17.4 Å². The summed E-state index contributed by atoms with van der Waals surface area (Å²) in [5.41, 5.74) is 3.49. The van der Waals surface area contributed by atoms with Crippen LogP contribution in [0.25, 0.3) is 0 Å². The molecule has 0 fully saturated rings. The molecule has 3 aromatic rings. The Labute approximate surface area is 178 Å². The van der Waals surface area contributed by atoms with Gasteiger partial charge in [-0.15, -0.1) is 0 Å². The van der Waals surface area contributed by atoms with Gasteiger partial charge in [0.2, 0.25) is 5.88 Å². The number of pyridine rings is 1. The molecule has 0 aliphatic carbocycles. The van der Waals surface area contributed by atoms with Crippen LogP contribution in [0.15, 0.2) is 71.9 Å². The number of benzene rings is 2. The number of ether oxygens (including phenoxy) is 2. The van der Waals surface area contributed by atoms with Crippen LogP contribution in [0.3, 0.4) is 0 Å². The van der Waals surface area contributed by atoms with E-state index in [-0.39, 0.29) is 0 Å². The van der Waals surface area contributed by atoms with Crippen molar-refractivity contribution in [2.75, 3.05) is 13.7 Å². The number of hydrogen-bond acceptors (Lipinski definition) is 4. The molecular formula is C24H28N4O2. The summed E-state index contributed by atoms with van der Waals surface area (Å²) in [4.78, 5) is 8.68. The van der Waals surface area contributed by atoms with Gasteiger partial charge < -0.3 is 20.1 Å². The molecule has 0 aliphatic rings. The van der Waals surface area contributed by atoms with E-state index in [2.05, 4.69) is 51.8 Å². The van der Waals surface area contributed by atoms with Crippen LogP contribution in [0.1, 0.15) is 23.6 Å². The second-order valence-corrected chi connectivity index (χ2v) is 6.75. The Morgan fingerprint density at radius 1 is 0.933 bits per heavy atom. The van der Waals surface area contributed by atoms with E-state index in [1.165, 1.54) is 11.1 Å². The summed E-state index contributed by atoms with van der Waals surface area (Å²) in [6.07, 6.45) is 1.79. The van der Waals surface area contributed by atoms with Gasteiger partial charge in [0.1, 0.15) is 0 Å². The van der Waals surface area contributed by atoms with Gasteiger partial charge in [0.25, 0.3) is 0 Å². The summed E-state index contributed by atoms with van der Waals surface area (Å²) >= 11 is 0. The number of nitrogens with one attached hydrogen (secondary N) is 2. The van der Waals surface area contributed by atoms with Crippen molar-refractivity contribution in [2.45, 2.75) is 26.9 Å². The molecule has 0 bridgehead atoms. The molecule has 3 rings (SSSR count). The number of hydrogen-bond donors (Lipinski definition) is 2. The molecule has 2 N–H and O–H groups in total. The summed E-state index contributed by atoms with van der Waals surface area (Å²) in [6, 6.07) is 19.8. The molecule has 1 aromatic heterocycles. The van der Waals surface area contributed by atoms with E-state index >= 15 is 0 Å². The standard InChI is InChI=1S/C24H28N4O2/c1-4-29-21-10-5-6-11-22(21)30-23-13-12-20(16-26-23)17-28-24(25-3)27-15-19-9-7-8-18(2)14-19/h5-14,16H,4,15,17H2,1-3H3,(H2,25,27,28). The Bertz CT molecular complexity index is 971. The number of guanidine groups is 1. The zero-order valence-corrected chi connectivity index (χ0v) is 17.7. The van der Waals surface area contributed by atoms with Crippen molar-refractivity contribution in [1.29, 1.82) is 0 Å². The molecule has 30 heavy (non-hydrogen) atoms. The average molecular weight is 405 g/mol. The molecule has 0 saturated carbocycles. The molecule has 6 heteroatoms. The van der Waals surface area contributed by atoms with Gasteiger partial charge in [-0.3, -0.25) is 4.99 Å². The molecule has 0 amide bonds. The highest BCUT2D eigenvalue weighted by molar-refractivity contribution is 5.79. The van der Waals surface area contributed by atoms with Gasteiger partial charge >= 0.3 is 0 Å². The van der Waals surface area contributed by atoms with Crippen molar-refractivity contribution < 1.29 is 9.47 Å². The molecule has 0 spiro atoms. The number of nitrogens with zero attached hydrogens (tertiary/aromatic N) is 2. The zero-order valence-electron chi connectivity index (χ0n) is 17.7. The van der Waals surface area contributed by atoms with Crippen molar-refractivity contribution in [1.82, 2.24) is 15.6 Å². The van der Waals surface area contributed by atoms with E-state index in [1.54, 1.807) is 13.2 Å². The van der Waals surface area contributed by atoms with E-state index in [1.807, 2.05) is 43.3 Å². The quantitative estimate of drug-likeness (QED) is 0.429. The second kappa shape index (κ2) is 10.9. The lowest BCUT2D eigenvalue weighted by molar-refractivity contribution is 0.319. The minimum atomic E-state index is 0.521. The fourth-order valence-corrected chi connectivity index (χ4v) is 2.91. The smallest absolute Gasteiger partial charge is 0.219 e. The largest absolute Gasteiger partial charge is 0.490 e. The molecule has 0 atom stereocenters. The van der Waals surface area contributed by atoms with E-state index in [9.17, 15) is 0 Å². The summed E-state index contributed by atoms with van der Waals surface area (Å²) in [7, 11) is 1.76. The molecule has 2 aromatic carbocycles. The van der Waals surface area contributed by atoms with Gasteiger partial charge in [-0.2, -0.15) is 0 Å². The van der Waals surface area contributed by atoms with Crippen molar-refractivity contribution in [2.24, 2.45) is 4.99 Å². The lowest BCUT2D eigenvalue weighted by atomic mass is 10.1. The van der Waals surface area contributed by atoms with Gasteiger partial charge in [0, 0.05) is 32.4 Å². The first-order valence-corrected chi connectivity index (χ1v) is 10.0. The maximum absolute atomic E-state index is 5.87. The first kappa shape index (κ1) is 21.2. The molecule has 1 heterocycles. The predicted molar refractivity (Wildman–Crippen MR) is 120 cm³/mol. The Morgan fingerprint density at radius 3 is 2.37 bits per heavy atom. The summed E-state index contributed by atoms with van der Waals surface area (Å²) in [5, 5.41) is 6.63. The predicted octanol–water partition coefficient (Wildman–Crippen LogP) is 4.45. The van der Waals surface area contributed by atoms with E-state index in [4.69, 9.17) is 9.47 Å². The zero-order chi connectivity index (χ0) is 21.2. The summed E-state index contributed by atoms with van der Waals surface area (Å²) in [5.74, 6) is 2.62. The summed E-state index contributed by atoms with van der Waals surface area (Å²) < 4.78 is 11.5. The number of rotatable bonds is 8. The highest BCUT2D eigenvalue weighted by atomic mass is 16.5. The van der Waals surface area contributed by atoms with Crippen LogP contribution in [-0.4, -0.2) is 24.6 Å². The molecule has 6 nitrogen and oxygen atoms in total. The van der Waals surface area contributed by atoms with Gasteiger partial charge in [0.15, 0.2) is 17.5 Å². The fourth-order valence-electron chi connectivity index (χ4n) is 2.91. The molecule has 0 radical (unpaired) electrons. The topological polar surface area (TPSA) is 67.8 Å². The van der Waals surface area contributed by atoms with E-state index in [0.717, 1.165) is 11.5 Å². The first-order chi connectivity index (χ1) is 14.7. The highest BCUT2D eigenvalue weighted by Gasteiger charge is 2.06. The molecule has 0 saturated heterocycles. The third-order valence-corrected chi connectivity index (χ3v) is 4.39. The van der Waals surface area contributed by atoms with Crippen LogP contribution in [0.4, 0.5) is 0 Å². The Morgan fingerprint density at radius 2 is 1.70 bits per heavy atom. The van der Waals surface area contributed by atoms with Gasteiger partial charge in [-0.05, 0) is 37.1 Å². The van der Waals surface area contributed by atoms with E-state index in [0.29, 0.717) is 37.1 Å². The number of aryl methyl sites for hydroxylation is 1. The number of aliphatic imine (C=N–C) groups is 1. The second-order valence-electron chi connectivity index (χ2n) is 6.75. The molecule has 0 aliphatic heterocycles. The number of aromatic nitrogens is 1. The van der Waals surface area contributed by atoms with Gasteiger partial charge in [-0.25, -0.2) is 4.98 Å². The normalized spacial score (nSPS) is 11.1. The first-order valence-electron chi connectivity index (χ1n) is 10.0. The minimum Gasteiger partial charge on any atom is -0.490 e. The van der Waals surface area contributed by atoms with Gasteiger partial charge in [-0.1, -0.05) is 48.0 Å². The van der Waals surface area contributed by atoms with Crippen molar-refractivity contribution in [3.05, 3.63) is 83.6 Å². The highest BCUT2D eigenvalue weighted by Crippen LogP contribution is 2.30. The maximum Gasteiger partial charge on any atom is 0.219 e. The van der Waals surface area contributed by atoms with Crippen molar-refractivity contribution >= 4 is 5.96 Å². The van der Waals surface area contributed by atoms with Gasteiger partial charge in [0.05, 0.1) is 6.61 Å². The SMILES string of the molecule is CCOc1ccccc1Oc1ccc(CNC(=NC)NCc2cccc(C)c2)cn1. The monoisotopic (exact) mass is 404 g/mol. The van der Waals surface area contributed by atoms with Crippen molar-refractivity contribution in [3.63, 3.8) is 0 Å². The Hall–Kier alpha value is -3.54. The lowest BCUT2D eigenvalue weighted by Crippen LogP contribution is -2.36. The van der Waals surface area contributed by atoms with E-state index < -0.39 is 0 Å². The minimum absolute atomic E-state index is 0.521. The number of para-hydroxylation sites is 2. The van der Waals surface area contributed by atoms with Crippen LogP contribution < -0.4 is 20.1 Å². The third-order valence-electron chi connectivity index (χ3n) is 4.39. The third kappa shape index (κ3) is 6.24. The Balaban J connectivity index is 1.52. The average Bonchev–Trinajstić information content (AvgIpc) is 2.76. The summed E-state index contributed by atoms with van der Waals surface area (Å²) in [6.45, 7) is 5.94. The van der Waals surface area contributed by atoms with Crippen LogP contribution >= 0.6 is 0 Å². The maximum atomic E-state index is 5.87. The molecule has 156 valence electrons.